The summed E-state index contributed by atoms with van der Waals surface area (Å²) in [5.74, 6) is 0.486. The van der Waals surface area contributed by atoms with E-state index in [-0.39, 0.29) is 24.0 Å². The van der Waals surface area contributed by atoms with Crippen LogP contribution >= 0.6 is 0 Å². The minimum Gasteiger partial charge on any atom is -0.393 e. The van der Waals surface area contributed by atoms with E-state index in [0.717, 1.165) is 18.4 Å². The van der Waals surface area contributed by atoms with E-state index < -0.39 is 0 Å². The van der Waals surface area contributed by atoms with E-state index in [4.69, 9.17) is 0 Å². The number of aryl methyl sites for hydroxylation is 1. The summed E-state index contributed by atoms with van der Waals surface area (Å²) in [5.41, 5.74) is 1.07. The van der Waals surface area contributed by atoms with Gasteiger partial charge in [-0.2, -0.15) is 0 Å². The molecule has 0 spiro atoms. The summed E-state index contributed by atoms with van der Waals surface area (Å²) >= 11 is 0. The molecular formula is C16H19N3O2. The van der Waals surface area contributed by atoms with Gasteiger partial charge in [0.1, 0.15) is 0 Å². The molecule has 1 fully saturated rings. The number of nitrogens with zero attached hydrogens (tertiary/aromatic N) is 2. The molecule has 21 heavy (non-hydrogen) atoms. The average molecular weight is 285 g/mol. The Balaban J connectivity index is 1.80. The van der Waals surface area contributed by atoms with Crippen LogP contribution in [0.5, 0.6) is 0 Å². The van der Waals surface area contributed by atoms with E-state index in [2.05, 4.69) is 10.3 Å². The number of benzene rings is 1. The summed E-state index contributed by atoms with van der Waals surface area (Å²) in [5, 5.41) is 12.6. The number of hydrogen-bond acceptors (Lipinski definition) is 3. The number of nitrogens with one attached hydrogen (secondary N) is 1. The summed E-state index contributed by atoms with van der Waals surface area (Å²) in [4.78, 5) is 16.5. The third-order valence-corrected chi connectivity index (χ3v) is 4.09. The van der Waals surface area contributed by atoms with E-state index in [9.17, 15) is 9.90 Å². The van der Waals surface area contributed by atoms with Gasteiger partial charge >= 0.3 is 0 Å². The Morgan fingerprint density at radius 1 is 1.38 bits per heavy atom. The number of hydrogen-bond donors (Lipinski definition) is 2. The van der Waals surface area contributed by atoms with Crippen LogP contribution in [0.2, 0.25) is 0 Å². The summed E-state index contributed by atoms with van der Waals surface area (Å²) in [6.07, 6.45) is 4.56. The fourth-order valence-corrected chi connectivity index (χ4v) is 2.83. The highest BCUT2D eigenvalue weighted by molar-refractivity contribution is 5.91. The van der Waals surface area contributed by atoms with Crippen molar-refractivity contribution in [2.45, 2.75) is 25.0 Å². The van der Waals surface area contributed by atoms with Gasteiger partial charge in [-0.3, -0.25) is 4.79 Å². The van der Waals surface area contributed by atoms with Crippen molar-refractivity contribution in [3.8, 4) is 0 Å². The van der Waals surface area contributed by atoms with Crippen LogP contribution in [0.15, 0.2) is 42.7 Å². The molecule has 5 nitrogen and oxygen atoms in total. The molecule has 1 unspecified atom stereocenters. The molecule has 0 aliphatic heterocycles. The largest absolute Gasteiger partial charge is 0.393 e. The summed E-state index contributed by atoms with van der Waals surface area (Å²) in [6.45, 7) is 0. The lowest BCUT2D eigenvalue weighted by Crippen LogP contribution is -2.42. The molecule has 1 aromatic heterocycles. The molecule has 1 atom stereocenters. The van der Waals surface area contributed by atoms with Crippen molar-refractivity contribution in [1.82, 2.24) is 14.9 Å². The maximum atomic E-state index is 12.4. The third-order valence-electron chi connectivity index (χ3n) is 4.09. The van der Waals surface area contributed by atoms with Crippen molar-refractivity contribution < 1.29 is 9.90 Å². The number of imidazole rings is 1. The van der Waals surface area contributed by atoms with Gasteiger partial charge in [0, 0.05) is 19.4 Å². The van der Waals surface area contributed by atoms with Gasteiger partial charge in [-0.25, -0.2) is 4.98 Å². The summed E-state index contributed by atoms with van der Waals surface area (Å²) in [7, 11) is 1.80. The predicted octanol–water partition coefficient (Wildman–Crippen LogP) is 1.66. The smallest absolute Gasteiger partial charge is 0.287 e. The van der Waals surface area contributed by atoms with E-state index >= 15 is 0 Å². The van der Waals surface area contributed by atoms with E-state index in [0.29, 0.717) is 5.82 Å². The molecule has 1 saturated carbocycles. The topological polar surface area (TPSA) is 67.2 Å². The zero-order chi connectivity index (χ0) is 14.8. The highest BCUT2D eigenvalue weighted by Crippen LogP contribution is 2.38. The van der Waals surface area contributed by atoms with Crippen LogP contribution in [0.25, 0.3) is 0 Å². The van der Waals surface area contributed by atoms with Gasteiger partial charge in [0.05, 0.1) is 12.1 Å². The van der Waals surface area contributed by atoms with E-state index in [1.165, 1.54) is 0 Å². The quantitative estimate of drug-likeness (QED) is 0.898. The number of rotatable bonds is 4. The first kappa shape index (κ1) is 13.8. The van der Waals surface area contributed by atoms with Crippen LogP contribution in [0.4, 0.5) is 0 Å². The predicted molar refractivity (Wildman–Crippen MR) is 78.6 cm³/mol. The van der Waals surface area contributed by atoms with Gasteiger partial charge in [-0.1, -0.05) is 30.3 Å². The molecule has 2 N–H and O–H groups in total. The summed E-state index contributed by atoms with van der Waals surface area (Å²) in [6, 6.07) is 9.81. The number of aliphatic hydroxyl groups is 1. The Kier molecular flexibility index (Phi) is 3.75. The molecule has 3 rings (SSSR count). The van der Waals surface area contributed by atoms with Crippen LogP contribution in [0, 0.1) is 5.92 Å². The van der Waals surface area contributed by atoms with Crippen molar-refractivity contribution >= 4 is 5.91 Å². The highest BCUT2D eigenvalue weighted by Gasteiger charge is 2.36. The fourth-order valence-electron chi connectivity index (χ4n) is 2.83. The zero-order valence-electron chi connectivity index (χ0n) is 11.9. The SMILES string of the molecule is Cn1ccnc1C(=O)NC(c1ccccc1)C1CC(O)C1. The van der Waals surface area contributed by atoms with Gasteiger partial charge in [0.2, 0.25) is 0 Å². The van der Waals surface area contributed by atoms with Crippen LogP contribution in [-0.4, -0.2) is 26.7 Å². The van der Waals surface area contributed by atoms with Crippen LogP contribution in [0.3, 0.4) is 0 Å². The standard InChI is InChI=1S/C16H19N3O2/c1-19-8-7-17-15(19)16(21)18-14(12-9-13(20)10-12)11-5-3-2-4-6-11/h2-8,12-14,20H,9-10H2,1H3,(H,18,21). The van der Waals surface area contributed by atoms with Crippen molar-refractivity contribution in [3.63, 3.8) is 0 Å². The Morgan fingerprint density at radius 3 is 2.67 bits per heavy atom. The van der Waals surface area contributed by atoms with Crippen LogP contribution in [0.1, 0.15) is 35.1 Å². The van der Waals surface area contributed by atoms with Crippen molar-refractivity contribution in [3.05, 3.63) is 54.1 Å². The van der Waals surface area contributed by atoms with Gasteiger partial charge in [-0.15, -0.1) is 0 Å². The lowest BCUT2D eigenvalue weighted by atomic mass is 9.75. The Hall–Kier alpha value is -2.14. The molecule has 1 aliphatic carbocycles. The normalized spacial score (nSPS) is 22.4. The molecular weight excluding hydrogens is 266 g/mol. The number of amides is 1. The van der Waals surface area contributed by atoms with Crippen LogP contribution in [-0.2, 0) is 7.05 Å². The molecule has 1 amide bonds. The number of aromatic nitrogens is 2. The average Bonchev–Trinajstić information content (AvgIpc) is 2.89. The van der Waals surface area contributed by atoms with Crippen molar-refractivity contribution in [2.24, 2.45) is 13.0 Å². The molecule has 1 aliphatic rings. The Morgan fingerprint density at radius 2 is 2.10 bits per heavy atom. The molecule has 1 heterocycles. The van der Waals surface area contributed by atoms with Crippen LogP contribution < -0.4 is 5.32 Å². The minimum absolute atomic E-state index is 0.0844. The molecule has 0 bridgehead atoms. The van der Waals surface area contributed by atoms with Gasteiger partial charge in [0.25, 0.3) is 5.91 Å². The summed E-state index contributed by atoms with van der Waals surface area (Å²) < 4.78 is 1.70. The number of carbonyl (C=O) groups is 1. The van der Waals surface area contributed by atoms with Crippen molar-refractivity contribution in [2.75, 3.05) is 0 Å². The number of carbonyl (C=O) groups excluding carboxylic acids is 1. The second-order valence-corrected chi connectivity index (χ2v) is 5.61. The molecule has 5 heteroatoms. The lowest BCUT2D eigenvalue weighted by Gasteiger charge is -2.38. The zero-order valence-corrected chi connectivity index (χ0v) is 11.9. The Labute approximate surface area is 123 Å². The molecule has 110 valence electrons. The second-order valence-electron chi connectivity index (χ2n) is 5.61. The molecule has 0 radical (unpaired) electrons. The Bertz CT molecular complexity index is 617. The molecule has 0 saturated heterocycles. The monoisotopic (exact) mass is 285 g/mol. The minimum atomic E-state index is -0.244. The molecule has 1 aromatic carbocycles. The lowest BCUT2D eigenvalue weighted by molar-refractivity contribution is 0.0234. The van der Waals surface area contributed by atoms with E-state index in [1.807, 2.05) is 30.3 Å². The first-order valence-corrected chi connectivity index (χ1v) is 7.16. The first-order chi connectivity index (χ1) is 10.1. The maximum absolute atomic E-state index is 12.4. The molecule has 2 aromatic rings. The van der Waals surface area contributed by atoms with Gasteiger partial charge < -0.3 is 15.0 Å². The van der Waals surface area contributed by atoms with Crippen molar-refractivity contribution in [1.29, 1.82) is 0 Å². The maximum Gasteiger partial charge on any atom is 0.287 e. The second kappa shape index (κ2) is 5.69. The van der Waals surface area contributed by atoms with E-state index in [1.54, 1.807) is 24.0 Å². The fraction of sp³-hybridized carbons (Fsp3) is 0.375. The highest BCUT2D eigenvalue weighted by atomic mass is 16.3. The third kappa shape index (κ3) is 2.83. The van der Waals surface area contributed by atoms with Gasteiger partial charge in [0.15, 0.2) is 5.82 Å². The van der Waals surface area contributed by atoms with Gasteiger partial charge in [-0.05, 0) is 24.3 Å². The number of aliphatic hydroxyl groups excluding tert-OH is 1. The first-order valence-electron chi connectivity index (χ1n) is 7.16.